The maximum absolute atomic E-state index is 12.5. The molecule has 1 heterocycles. The van der Waals surface area contributed by atoms with Gasteiger partial charge in [0.05, 0.1) is 17.7 Å². The molecule has 3 aromatic carbocycles. The largest absolute Gasteiger partial charge is 0.491 e. The summed E-state index contributed by atoms with van der Waals surface area (Å²) in [5.41, 5.74) is 0.768. The summed E-state index contributed by atoms with van der Waals surface area (Å²) in [6.45, 7) is 1.07. The van der Waals surface area contributed by atoms with Crippen molar-refractivity contribution in [3.05, 3.63) is 90.0 Å². The second-order valence-electron chi connectivity index (χ2n) is 6.39. The van der Waals surface area contributed by atoms with Gasteiger partial charge in [-0.1, -0.05) is 36.4 Å². The number of carbonyl (C=O) groups excluding carboxylic acids is 2. The van der Waals surface area contributed by atoms with Gasteiger partial charge in [0.25, 0.3) is 0 Å². The Balaban J connectivity index is 1.56. The first-order valence-corrected chi connectivity index (χ1v) is 9.12. The summed E-state index contributed by atoms with van der Waals surface area (Å²) < 4.78 is 21.7. The van der Waals surface area contributed by atoms with Gasteiger partial charge in [0.1, 0.15) is 18.5 Å². The third-order valence-electron chi connectivity index (χ3n) is 4.18. The van der Waals surface area contributed by atoms with E-state index in [1.807, 2.05) is 0 Å². The third kappa shape index (κ3) is 5.00. The zero-order valence-corrected chi connectivity index (χ0v) is 15.4. The number of carbonyl (C=O) groups is 2. The van der Waals surface area contributed by atoms with Crippen molar-refractivity contribution >= 4 is 11.9 Å². The molecule has 6 heteroatoms. The number of ether oxygens (including phenoxy) is 4. The smallest absolute Gasteiger partial charge is 0.343 e. The highest BCUT2D eigenvalue weighted by molar-refractivity contribution is 5.93. The van der Waals surface area contributed by atoms with Crippen LogP contribution in [0.1, 0.15) is 20.7 Å². The molecule has 1 atom stereocenters. The van der Waals surface area contributed by atoms with Crippen molar-refractivity contribution in [1.82, 2.24) is 0 Å². The molecule has 1 saturated heterocycles. The highest BCUT2D eigenvalue weighted by Crippen LogP contribution is 2.33. The molecule has 0 unspecified atom stereocenters. The SMILES string of the molecule is O=C(Oc1ccc(OC[C@H]2CO2)cc1OC(=O)c1ccccc1)c1ccccc1. The first kappa shape index (κ1) is 18.7. The van der Waals surface area contributed by atoms with Gasteiger partial charge in [-0.3, -0.25) is 0 Å². The van der Waals surface area contributed by atoms with Crippen molar-refractivity contribution in [3.63, 3.8) is 0 Å². The minimum atomic E-state index is -0.565. The zero-order chi connectivity index (χ0) is 20.1. The van der Waals surface area contributed by atoms with Crippen LogP contribution in [0, 0.1) is 0 Å². The Morgan fingerprint density at radius 1 is 0.793 bits per heavy atom. The number of benzene rings is 3. The topological polar surface area (TPSA) is 74.4 Å². The number of hydrogen-bond acceptors (Lipinski definition) is 6. The molecule has 3 aromatic rings. The van der Waals surface area contributed by atoms with Crippen molar-refractivity contribution in [2.45, 2.75) is 6.10 Å². The lowest BCUT2D eigenvalue weighted by molar-refractivity contribution is 0.0681. The standard InChI is InChI=1S/C23H18O6/c24-22(16-7-3-1-4-8-16)28-20-12-11-18(26-14-19-15-27-19)13-21(20)29-23(25)17-9-5-2-6-10-17/h1-13,19H,14-15H2/t19-/m0/s1. The first-order valence-electron chi connectivity index (χ1n) is 9.12. The molecule has 0 spiro atoms. The molecule has 0 N–H and O–H groups in total. The third-order valence-corrected chi connectivity index (χ3v) is 4.18. The van der Waals surface area contributed by atoms with Crippen LogP contribution in [0.15, 0.2) is 78.9 Å². The molecule has 6 nitrogen and oxygen atoms in total. The molecular weight excluding hydrogens is 372 g/mol. The molecular formula is C23H18O6. The number of epoxide rings is 1. The minimum Gasteiger partial charge on any atom is -0.491 e. The molecule has 0 aliphatic carbocycles. The second kappa shape index (κ2) is 8.58. The van der Waals surface area contributed by atoms with Crippen LogP contribution in [-0.4, -0.2) is 31.3 Å². The van der Waals surface area contributed by atoms with E-state index in [1.165, 1.54) is 12.1 Å². The van der Waals surface area contributed by atoms with Gasteiger partial charge >= 0.3 is 11.9 Å². The predicted molar refractivity (Wildman–Crippen MR) is 104 cm³/mol. The van der Waals surface area contributed by atoms with E-state index in [1.54, 1.807) is 66.7 Å². The van der Waals surface area contributed by atoms with E-state index in [9.17, 15) is 9.59 Å². The van der Waals surface area contributed by atoms with Crippen molar-refractivity contribution in [1.29, 1.82) is 0 Å². The summed E-state index contributed by atoms with van der Waals surface area (Å²) in [6.07, 6.45) is 0.0842. The van der Waals surface area contributed by atoms with Gasteiger partial charge in [0, 0.05) is 6.07 Å². The quantitative estimate of drug-likeness (QED) is 0.346. The zero-order valence-electron chi connectivity index (χ0n) is 15.4. The van der Waals surface area contributed by atoms with Gasteiger partial charge in [0.2, 0.25) is 0 Å². The molecule has 0 radical (unpaired) electrons. The summed E-state index contributed by atoms with van der Waals surface area (Å²) >= 11 is 0. The van der Waals surface area contributed by atoms with Gasteiger partial charge in [0.15, 0.2) is 11.5 Å². The molecule has 29 heavy (non-hydrogen) atoms. The Morgan fingerprint density at radius 3 is 1.90 bits per heavy atom. The molecule has 146 valence electrons. The second-order valence-corrected chi connectivity index (χ2v) is 6.39. The maximum atomic E-state index is 12.5. The van der Waals surface area contributed by atoms with E-state index < -0.39 is 11.9 Å². The van der Waals surface area contributed by atoms with Crippen molar-refractivity contribution in [2.75, 3.05) is 13.2 Å². The highest BCUT2D eigenvalue weighted by atomic mass is 16.6. The maximum Gasteiger partial charge on any atom is 0.343 e. The van der Waals surface area contributed by atoms with E-state index in [0.717, 1.165) is 0 Å². The fraction of sp³-hybridized carbons (Fsp3) is 0.130. The average Bonchev–Trinajstić information content (AvgIpc) is 3.59. The van der Waals surface area contributed by atoms with Gasteiger partial charge in [-0.25, -0.2) is 9.59 Å². The molecule has 0 aromatic heterocycles. The van der Waals surface area contributed by atoms with Crippen LogP contribution in [0.25, 0.3) is 0 Å². The summed E-state index contributed by atoms with van der Waals surface area (Å²) in [5.74, 6) is -0.417. The molecule has 1 aliphatic rings. The highest BCUT2D eigenvalue weighted by Gasteiger charge is 2.24. The Labute approximate surface area is 167 Å². The molecule has 0 bridgehead atoms. The minimum absolute atomic E-state index is 0.0842. The van der Waals surface area contributed by atoms with Crippen LogP contribution in [-0.2, 0) is 4.74 Å². The summed E-state index contributed by atoms with van der Waals surface area (Å²) in [7, 11) is 0. The van der Waals surface area contributed by atoms with Crippen LogP contribution in [0.4, 0.5) is 0 Å². The van der Waals surface area contributed by atoms with Crippen LogP contribution in [0.2, 0.25) is 0 Å². The Morgan fingerprint density at radius 2 is 1.34 bits per heavy atom. The van der Waals surface area contributed by atoms with Gasteiger partial charge in [-0.05, 0) is 36.4 Å². The fourth-order valence-corrected chi connectivity index (χ4v) is 2.56. The lowest BCUT2D eigenvalue weighted by atomic mass is 10.2. The Bertz CT molecular complexity index is 996. The van der Waals surface area contributed by atoms with Crippen LogP contribution >= 0.6 is 0 Å². The van der Waals surface area contributed by atoms with E-state index in [4.69, 9.17) is 18.9 Å². The van der Waals surface area contributed by atoms with Gasteiger partial charge in [-0.2, -0.15) is 0 Å². The van der Waals surface area contributed by atoms with E-state index in [-0.39, 0.29) is 17.6 Å². The van der Waals surface area contributed by atoms with Gasteiger partial charge in [-0.15, -0.1) is 0 Å². The van der Waals surface area contributed by atoms with Crippen LogP contribution < -0.4 is 14.2 Å². The fourth-order valence-electron chi connectivity index (χ4n) is 2.56. The number of hydrogen-bond donors (Lipinski definition) is 0. The van der Waals surface area contributed by atoms with Gasteiger partial charge < -0.3 is 18.9 Å². The van der Waals surface area contributed by atoms with Crippen molar-refractivity contribution in [2.24, 2.45) is 0 Å². The van der Waals surface area contributed by atoms with Crippen LogP contribution in [0.3, 0.4) is 0 Å². The monoisotopic (exact) mass is 390 g/mol. The van der Waals surface area contributed by atoms with Crippen LogP contribution in [0.5, 0.6) is 17.2 Å². The summed E-state index contributed by atoms with van der Waals surface area (Å²) in [4.78, 5) is 24.9. The Kier molecular flexibility index (Phi) is 5.54. The lowest BCUT2D eigenvalue weighted by Gasteiger charge is -2.13. The van der Waals surface area contributed by atoms with Crippen molar-refractivity contribution in [3.8, 4) is 17.2 Å². The summed E-state index contributed by atoms with van der Waals surface area (Å²) in [6, 6.07) is 21.8. The van der Waals surface area contributed by atoms with Crippen molar-refractivity contribution < 1.29 is 28.5 Å². The normalized spacial score (nSPS) is 14.7. The van der Waals surface area contributed by atoms with E-state index in [0.29, 0.717) is 30.1 Å². The summed E-state index contributed by atoms with van der Waals surface area (Å²) in [5, 5.41) is 0. The molecule has 0 saturated carbocycles. The predicted octanol–water partition coefficient (Wildman–Crippen LogP) is 3.90. The average molecular weight is 390 g/mol. The van der Waals surface area contributed by atoms with E-state index >= 15 is 0 Å². The molecule has 1 fully saturated rings. The van der Waals surface area contributed by atoms with E-state index in [2.05, 4.69) is 0 Å². The molecule has 4 rings (SSSR count). The molecule has 0 amide bonds. The molecule has 1 aliphatic heterocycles. The first-order chi connectivity index (χ1) is 14.2. The number of esters is 2. The Hall–Kier alpha value is -3.64. The number of rotatable bonds is 7. The lowest BCUT2D eigenvalue weighted by Crippen LogP contribution is -2.13.